The molecule has 0 radical (unpaired) electrons. The third-order valence-corrected chi connectivity index (χ3v) is 4.97. The molecule has 128 valence electrons. The van der Waals surface area contributed by atoms with Crippen LogP contribution >= 0.6 is 34.5 Å². The molecule has 1 amide bonds. The second kappa shape index (κ2) is 7.39. The van der Waals surface area contributed by atoms with E-state index >= 15 is 0 Å². The first-order valence-corrected chi connectivity index (χ1v) is 8.89. The predicted octanol–water partition coefficient (Wildman–Crippen LogP) is 5.03. The molecule has 3 aromatic rings. The number of nitrogens with zero attached hydrogens (tertiary/aromatic N) is 1. The van der Waals surface area contributed by atoms with Crippen LogP contribution in [0.15, 0.2) is 36.4 Å². The van der Waals surface area contributed by atoms with Gasteiger partial charge in [-0.2, -0.15) is 0 Å². The standard InChI is InChI=1S/C17H12Cl2N2O3S/c1-2-24-16(23)10-4-6-13-14(8-10)25-17(20-13)21-15(22)9-3-5-11(18)12(19)7-9/h3-8H,2H2,1H3,(H,20,21,22). The van der Waals surface area contributed by atoms with Crippen LogP contribution < -0.4 is 5.32 Å². The minimum Gasteiger partial charge on any atom is -0.462 e. The van der Waals surface area contributed by atoms with Crippen molar-refractivity contribution in [3.8, 4) is 0 Å². The van der Waals surface area contributed by atoms with Crippen LogP contribution in [0.1, 0.15) is 27.6 Å². The number of hydrogen-bond acceptors (Lipinski definition) is 5. The number of ether oxygens (including phenoxy) is 1. The van der Waals surface area contributed by atoms with Crippen molar-refractivity contribution in [3.63, 3.8) is 0 Å². The molecule has 25 heavy (non-hydrogen) atoms. The van der Waals surface area contributed by atoms with Gasteiger partial charge in [-0.1, -0.05) is 34.5 Å². The Balaban J connectivity index is 1.82. The number of carbonyl (C=O) groups is 2. The number of carbonyl (C=O) groups excluding carboxylic acids is 2. The van der Waals surface area contributed by atoms with Crippen molar-refractivity contribution in [3.05, 3.63) is 57.6 Å². The Morgan fingerprint density at radius 1 is 1.12 bits per heavy atom. The SMILES string of the molecule is CCOC(=O)c1ccc2nc(NC(=O)c3ccc(Cl)c(Cl)c3)sc2c1. The topological polar surface area (TPSA) is 68.3 Å². The van der Waals surface area contributed by atoms with Crippen molar-refractivity contribution in [2.24, 2.45) is 0 Å². The molecule has 8 heteroatoms. The number of rotatable bonds is 4. The average Bonchev–Trinajstić information content (AvgIpc) is 2.98. The number of hydrogen-bond donors (Lipinski definition) is 1. The average molecular weight is 395 g/mol. The zero-order valence-corrected chi connectivity index (χ0v) is 15.3. The number of anilines is 1. The van der Waals surface area contributed by atoms with E-state index in [1.165, 1.54) is 17.4 Å². The zero-order chi connectivity index (χ0) is 18.0. The Hall–Kier alpha value is -2.15. The Kier molecular flexibility index (Phi) is 5.22. The highest BCUT2D eigenvalue weighted by Gasteiger charge is 2.13. The van der Waals surface area contributed by atoms with E-state index in [2.05, 4.69) is 10.3 Å². The van der Waals surface area contributed by atoms with Gasteiger partial charge in [-0.15, -0.1) is 0 Å². The summed E-state index contributed by atoms with van der Waals surface area (Å²) in [4.78, 5) is 28.4. The van der Waals surface area contributed by atoms with E-state index in [4.69, 9.17) is 27.9 Å². The van der Waals surface area contributed by atoms with E-state index in [-0.39, 0.29) is 11.9 Å². The maximum absolute atomic E-state index is 12.3. The Bertz CT molecular complexity index is 972. The second-order valence-electron chi connectivity index (χ2n) is 5.01. The van der Waals surface area contributed by atoms with E-state index in [1.807, 2.05) is 0 Å². The molecule has 3 rings (SSSR count). The molecule has 2 aromatic carbocycles. The smallest absolute Gasteiger partial charge is 0.338 e. The monoisotopic (exact) mass is 394 g/mol. The van der Waals surface area contributed by atoms with E-state index in [0.717, 1.165) is 4.70 Å². The van der Waals surface area contributed by atoms with Gasteiger partial charge in [0.1, 0.15) is 0 Å². The zero-order valence-electron chi connectivity index (χ0n) is 13.0. The summed E-state index contributed by atoms with van der Waals surface area (Å²) in [6, 6.07) is 9.68. The van der Waals surface area contributed by atoms with Crippen LogP contribution in [0.5, 0.6) is 0 Å². The summed E-state index contributed by atoms with van der Waals surface area (Å²) in [6.07, 6.45) is 0. The van der Waals surface area contributed by atoms with Crippen LogP contribution in [-0.4, -0.2) is 23.5 Å². The van der Waals surface area contributed by atoms with Gasteiger partial charge in [0, 0.05) is 5.56 Å². The fraction of sp³-hybridized carbons (Fsp3) is 0.118. The molecular formula is C17H12Cl2N2O3S. The van der Waals surface area contributed by atoms with Gasteiger partial charge in [-0.25, -0.2) is 9.78 Å². The Morgan fingerprint density at radius 3 is 2.60 bits per heavy atom. The maximum atomic E-state index is 12.3. The lowest BCUT2D eigenvalue weighted by Gasteiger charge is -2.02. The number of thiazole rings is 1. The quantitative estimate of drug-likeness (QED) is 0.629. The van der Waals surface area contributed by atoms with Crippen molar-refractivity contribution in [2.45, 2.75) is 6.92 Å². The van der Waals surface area contributed by atoms with Crippen LogP contribution in [-0.2, 0) is 4.74 Å². The van der Waals surface area contributed by atoms with E-state index < -0.39 is 0 Å². The number of halogens is 2. The summed E-state index contributed by atoms with van der Waals surface area (Å²) in [5.41, 5.74) is 1.50. The lowest BCUT2D eigenvalue weighted by molar-refractivity contribution is 0.0526. The molecule has 0 spiro atoms. The lowest BCUT2D eigenvalue weighted by atomic mass is 10.2. The number of fused-ring (bicyclic) bond motifs is 1. The lowest BCUT2D eigenvalue weighted by Crippen LogP contribution is -2.11. The molecule has 1 N–H and O–H groups in total. The Morgan fingerprint density at radius 2 is 1.88 bits per heavy atom. The van der Waals surface area contributed by atoms with Gasteiger partial charge in [0.2, 0.25) is 0 Å². The molecular weight excluding hydrogens is 383 g/mol. The minimum absolute atomic E-state index is 0.303. The fourth-order valence-corrected chi connectivity index (χ4v) is 3.32. The molecule has 0 bridgehead atoms. The third-order valence-electron chi connectivity index (χ3n) is 3.30. The van der Waals surface area contributed by atoms with Crippen LogP contribution in [0, 0.1) is 0 Å². The van der Waals surface area contributed by atoms with Crippen molar-refractivity contribution >= 4 is 61.8 Å². The number of benzene rings is 2. The van der Waals surface area contributed by atoms with E-state index in [9.17, 15) is 9.59 Å². The molecule has 0 saturated carbocycles. The largest absolute Gasteiger partial charge is 0.462 e. The highest BCUT2D eigenvalue weighted by Crippen LogP contribution is 2.28. The van der Waals surface area contributed by atoms with Gasteiger partial charge in [0.15, 0.2) is 5.13 Å². The summed E-state index contributed by atoms with van der Waals surface area (Å²) >= 11 is 13.0. The second-order valence-corrected chi connectivity index (χ2v) is 6.85. The number of amides is 1. The number of nitrogens with one attached hydrogen (secondary N) is 1. The van der Waals surface area contributed by atoms with Gasteiger partial charge in [0.05, 0.1) is 32.4 Å². The molecule has 0 fully saturated rings. The highest BCUT2D eigenvalue weighted by atomic mass is 35.5. The van der Waals surface area contributed by atoms with Gasteiger partial charge < -0.3 is 4.74 Å². The van der Waals surface area contributed by atoms with Crippen molar-refractivity contribution in [1.82, 2.24) is 4.98 Å². The summed E-state index contributed by atoms with van der Waals surface area (Å²) in [6.45, 7) is 2.06. The molecule has 0 aliphatic carbocycles. The van der Waals surface area contributed by atoms with Crippen LogP contribution in [0.2, 0.25) is 10.0 Å². The summed E-state index contributed by atoms with van der Waals surface area (Å²) in [5, 5.41) is 3.82. The van der Waals surface area contributed by atoms with Gasteiger partial charge in [0.25, 0.3) is 5.91 Å². The molecule has 0 atom stereocenters. The van der Waals surface area contributed by atoms with Crippen molar-refractivity contribution in [1.29, 1.82) is 0 Å². The maximum Gasteiger partial charge on any atom is 0.338 e. The first-order valence-electron chi connectivity index (χ1n) is 7.32. The van der Waals surface area contributed by atoms with Gasteiger partial charge in [-0.3, -0.25) is 10.1 Å². The molecule has 0 aliphatic heterocycles. The molecule has 5 nitrogen and oxygen atoms in total. The summed E-state index contributed by atoms with van der Waals surface area (Å²) in [7, 11) is 0. The number of aromatic nitrogens is 1. The number of esters is 1. The molecule has 0 saturated heterocycles. The molecule has 1 aromatic heterocycles. The Labute approximate surface area is 157 Å². The van der Waals surface area contributed by atoms with Crippen LogP contribution in [0.4, 0.5) is 5.13 Å². The first-order chi connectivity index (χ1) is 12.0. The van der Waals surface area contributed by atoms with Gasteiger partial charge >= 0.3 is 5.97 Å². The van der Waals surface area contributed by atoms with Crippen molar-refractivity contribution < 1.29 is 14.3 Å². The summed E-state index contributed by atoms with van der Waals surface area (Å²) < 4.78 is 5.75. The molecule has 1 heterocycles. The van der Waals surface area contributed by atoms with Crippen LogP contribution in [0.25, 0.3) is 10.2 Å². The van der Waals surface area contributed by atoms with Gasteiger partial charge in [-0.05, 0) is 43.3 Å². The molecule has 0 unspecified atom stereocenters. The third kappa shape index (κ3) is 3.92. The van der Waals surface area contributed by atoms with Crippen molar-refractivity contribution in [2.75, 3.05) is 11.9 Å². The molecule has 0 aliphatic rings. The van der Waals surface area contributed by atoms with Crippen LogP contribution in [0.3, 0.4) is 0 Å². The normalized spacial score (nSPS) is 10.7. The summed E-state index contributed by atoms with van der Waals surface area (Å²) in [5.74, 6) is -0.734. The fourth-order valence-electron chi connectivity index (χ4n) is 2.13. The van der Waals surface area contributed by atoms with E-state index in [0.29, 0.717) is 38.4 Å². The predicted molar refractivity (Wildman–Crippen MR) is 100.0 cm³/mol. The highest BCUT2D eigenvalue weighted by molar-refractivity contribution is 7.22. The minimum atomic E-state index is -0.390. The van der Waals surface area contributed by atoms with E-state index in [1.54, 1.807) is 37.3 Å². The first kappa shape index (κ1) is 17.7.